The molecule has 1 heterocycles. The SMILES string of the molecule is COc1cc(C#N)ccc1NC1CCN(C)C(C)C1. The number of methoxy groups -OCH3 is 1. The van der Waals surface area contributed by atoms with Crippen LogP contribution in [0.4, 0.5) is 5.69 Å². The van der Waals surface area contributed by atoms with E-state index in [0.717, 1.165) is 30.8 Å². The minimum Gasteiger partial charge on any atom is -0.495 e. The summed E-state index contributed by atoms with van der Waals surface area (Å²) in [6.07, 6.45) is 2.25. The number of anilines is 1. The molecule has 4 heteroatoms. The van der Waals surface area contributed by atoms with Gasteiger partial charge in [-0.25, -0.2) is 0 Å². The Morgan fingerprint density at radius 2 is 2.26 bits per heavy atom. The van der Waals surface area contributed by atoms with Gasteiger partial charge >= 0.3 is 0 Å². The quantitative estimate of drug-likeness (QED) is 0.906. The first-order valence-electron chi connectivity index (χ1n) is 6.69. The molecule has 0 bridgehead atoms. The Morgan fingerprint density at radius 1 is 1.47 bits per heavy atom. The van der Waals surface area contributed by atoms with E-state index in [4.69, 9.17) is 10.00 Å². The molecule has 1 saturated heterocycles. The van der Waals surface area contributed by atoms with Crippen LogP contribution in [0.1, 0.15) is 25.3 Å². The summed E-state index contributed by atoms with van der Waals surface area (Å²) in [6, 6.07) is 8.72. The second-order valence-electron chi connectivity index (χ2n) is 5.22. The maximum atomic E-state index is 8.90. The Balaban J connectivity index is 2.09. The van der Waals surface area contributed by atoms with E-state index in [1.54, 1.807) is 13.2 Å². The summed E-state index contributed by atoms with van der Waals surface area (Å²) < 4.78 is 5.35. The van der Waals surface area contributed by atoms with E-state index in [2.05, 4.69) is 30.3 Å². The molecule has 2 unspecified atom stereocenters. The number of piperidine rings is 1. The summed E-state index contributed by atoms with van der Waals surface area (Å²) in [7, 11) is 3.81. The zero-order chi connectivity index (χ0) is 13.8. The van der Waals surface area contributed by atoms with E-state index in [-0.39, 0.29) is 0 Å². The van der Waals surface area contributed by atoms with Gasteiger partial charge in [0.2, 0.25) is 0 Å². The molecule has 0 aliphatic carbocycles. The Kier molecular flexibility index (Phi) is 4.28. The summed E-state index contributed by atoms with van der Waals surface area (Å²) in [4.78, 5) is 2.38. The van der Waals surface area contributed by atoms with Crippen molar-refractivity contribution in [3.8, 4) is 11.8 Å². The van der Waals surface area contributed by atoms with Crippen molar-refractivity contribution in [2.75, 3.05) is 26.0 Å². The van der Waals surface area contributed by atoms with Gasteiger partial charge in [-0.2, -0.15) is 5.26 Å². The average molecular weight is 259 g/mol. The summed E-state index contributed by atoms with van der Waals surface area (Å²) in [5, 5.41) is 12.4. The Bertz CT molecular complexity index is 481. The number of nitrogens with one attached hydrogen (secondary N) is 1. The predicted octanol–water partition coefficient (Wildman–Crippen LogP) is 2.46. The molecule has 1 aliphatic heterocycles. The first kappa shape index (κ1) is 13.7. The topological polar surface area (TPSA) is 48.3 Å². The fourth-order valence-electron chi connectivity index (χ4n) is 2.52. The number of rotatable bonds is 3. The molecule has 1 fully saturated rings. The molecule has 0 radical (unpaired) electrons. The third kappa shape index (κ3) is 3.18. The molecular formula is C15H21N3O. The maximum absolute atomic E-state index is 8.90. The Hall–Kier alpha value is -1.73. The molecule has 1 N–H and O–H groups in total. The maximum Gasteiger partial charge on any atom is 0.143 e. The van der Waals surface area contributed by atoms with Gasteiger partial charge in [-0.1, -0.05) is 0 Å². The van der Waals surface area contributed by atoms with Crippen LogP contribution in [-0.2, 0) is 0 Å². The predicted molar refractivity (Wildman–Crippen MR) is 76.4 cm³/mol. The van der Waals surface area contributed by atoms with Gasteiger partial charge in [0.15, 0.2) is 0 Å². The van der Waals surface area contributed by atoms with Gasteiger partial charge in [0.05, 0.1) is 24.4 Å². The highest BCUT2D eigenvalue weighted by atomic mass is 16.5. The van der Waals surface area contributed by atoms with Crippen LogP contribution in [0.25, 0.3) is 0 Å². The second-order valence-corrected chi connectivity index (χ2v) is 5.22. The van der Waals surface area contributed by atoms with Crippen molar-refractivity contribution in [2.24, 2.45) is 0 Å². The average Bonchev–Trinajstić information content (AvgIpc) is 2.43. The highest BCUT2D eigenvalue weighted by Gasteiger charge is 2.23. The zero-order valence-corrected chi connectivity index (χ0v) is 11.8. The molecule has 1 aliphatic rings. The van der Waals surface area contributed by atoms with E-state index in [9.17, 15) is 0 Å². The molecular weight excluding hydrogens is 238 g/mol. The van der Waals surface area contributed by atoms with Gasteiger partial charge in [0.25, 0.3) is 0 Å². The number of ether oxygens (including phenoxy) is 1. The molecule has 102 valence electrons. The van der Waals surface area contributed by atoms with Gasteiger partial charge in [0.1, 0.15) is 5.75 Å². The molecule has 0 amide bonds. The lowest BCUT2D eigenvalue weighted by Crippen LogP contribution is -2.42. The van der Waals surface area contributed by atoms with Crippen LogP contribution in [0.3, 0.4) is 0 Å². The summed E-state index contributed by atoms with van der Waals surface area (Å²) in [5.41, 5.74) is 1.60. The largest absolute Gasteiger partial charge is 0.495 e. The number of hydrogen-bond donors (Lipinski definition) is 1. The second kappa shape index (κ2) is 5.94. The Labute approximate surface area is 115 Å². The molecule has 19 heavy (non-hydrogen) atoms. The van der Waals surface area contributed by atoms with Crippen molar-refractivity contribution in [1.82, 2.24) is 4.90 Å². The van der Waals surface area contributed by atoms with Crippen LogP contribution >= 0.6 is 0 Å². The number of nitriles is 1. The van der Waals surface area contributed by atoms with E-state index < -0.39 is 0 Å². The number of benzene rings is 1. The molecule has 0 spiro atoms. The lowest BCUT2D eigenvalue weighted by molar-refractivity contribution is 0.190. The standard InChI is InChI=1S/C15H21N3O/c1-11-8-13(6-7-18(11)2)17-14-5-4-12(10-16)9-15(14)19-3/h4-5,9,11,13,17H,6-8H2,1-3H3. The van der Waals surface area contributed by atoms with Crippen molar-refractivity contribution < 1.29 is 4.74 Å². The minimum atomic E-state index is 0.466. The fraction of sp³-hybridized carbons (Fsp3) is 0.533. The molecule has 0 aromatic heterocycles. The summed E-state index contributed by atoms with van der Waals surface area (Å²) in [5.74, 6) is 0.741. The van der Waals surface area contributed by atoms with Crippen LogP contribution in [0.5, 0.6) is 5.75 Å². The van der Waals surface area contributed by atoms with Crippen molar-refractivity contribution in [2.45, 2.75) is 31.8 Å². The summed E-state index contributed by atoms with van der Waals surface area (Å²) >= 11 is 0. The highest BCUT2D eigenvalue weighted by molar-refractivity contribution is 5.60. The summed E-state index contributed by atoms with van der Waals surface area (Å²) in [6.45, 7) is 3.36. The van der Waals surface area contributed by atoms with Crippen molar-refractivity contribution in [1.29, 1.82) is 5.26 Å². The molecule has 1 aromatic carbocycles. The van der Waals surface area contributed by atoms with Gasteiger partial charge in [-0.3, -0.25) is 0 Å². The van der Waals surface area contributed by atoms with E-state index in [1.165, 1.54) is 0 Å². The number of hydrogen-bond acceptors (Lipinski definition) is 4. The Morgan fingerprint density at radius 3 is 2.89 bits per heavy atom. The van der Waals surface area contributed by atoms with Crippen molar-refractivity contribution in [3.05, 3.63) is 23.8 Å². The van der Waals surface area contributed by atoms with E-state index in [1.807, 2.05) is 12.1 Å². The lowest BCUT2D eigenvalue weighted by atomic mass is 9.98. The zero-order valence-electron chi connectivity index (χ0n) is 11.8. The number of likely N-dealkylation sites (tertiary alicyclic amines) is 1. The molecule has 2 rings (SSSR count). The van der Waals surface area contributed by atoms with Crippen LogP contribution < -0.4 is 10.1 Å². The molecule has 1 aromatic rings. The number of nitrogens with zero attached hydrogens (tertiary/aromatic N) is 2. The molecule has 2 atom stereocenters. The monoisotopic (exact) mass is 259 g/mol. The van der Waals surface area contributed by atoms with Gasteiger partial charge in [0, 0.05) is 24.7 Å². The van der Waals surface area contributed by atoms with Gasteiger partial charge < -0.3 is 15.0 Å². The third-order valence-corrected chi connectivity index (χ3v) is 3.90. The molecule has 4 nitrogen and oxygen atoms in total. The minimum absolute atomic E-state index is 0.466. The lowest BCUT2D eigenvalue weighted by Gasteiger charge is -2.36. The van der Waals surface area contributed by atoms with Gasteiger partial charge in [-0.05, 0) is 38.9 Å². The van der Waals surface area contributed by atoms with Crippen LogP contribution in [0.2, 0.25) is 0 Å². The van der Waals surface area contributed by atoms with Crippen molar-refractivity contribution in [3.63, 3.8) is 0 Å². The smallest absolute Gasteiger partial charge is 0.143 e. The van der Waals surface area contributed by atoms with Crippen LogP contribution in [0, 0.1) is 11.3 Å². The third-order valence-electron chi connectivity index (χ3n) is 3.90. The van der Waals surface area contributed by atoms with Gasteiger partial charge in [-0.15, -0.1) is 0 Å². The first-order valence-corrected chi connectivity index (χ1v) is 6.69. The van der Waals surface area contributed by atoms with Crippen LogP contribution in [0.15, 0.2) is 18.2 Å². The fourth-order valence-corrected chi connectivity index (χ4v) is 2.52. The van der Waals surface area contributed by atoms with E-state index >= 15 is 0 Å². The highest BCUT2D eigenvalue weighted by Crippen LogP contribution is 2.28. The molecule has 0 saturated carbocycles. The van der Waals surface area contributed by atoms with Crippen molar-refractivity contribution >= 4 is 5.69 Å². The normalized spacial score (nSPS) is 23.7. The first-order chi connectivity index (χ1) is 9.13. The van der Waals surface area contributed by atoms with E-state index in [0.29, 0.717) is 17.6 Å². The van der Waals surface area contributed by atoms with Crippen LogP contribution in [-0.4, -0.2) is 37.7 Å².